The lowest BCUT2D eigenvalue weighted by molar-refractivity contribution is -0.145. The van der Waals surface area contributed by atoms with E-state index in [1.54, 1.807) is 0 Å². The van der Waals surface area contributed by atoms with Crippen LogP contribution in [0.25, 0.3) is 0 Å². The first kappa shape index (κ1) is 10.7. The van der Waals surface area contributed by atoms with Gasteiger partial charge in [-0.25, -0.2) is 4.79 Å². The molecule has 2 aliphatic rings. The van der Waals surface area contributed by atoms with Crippen molar-refractivity contribution in [2.24, 2.45) is 11.8 Å². The molecule has 0 N–H and O–H groups in total. The third kappa shape index (κ3) is 2.42. The second-order valence-electron chi connectivity index (χ2n) is 4.82. The Morgan fingerprint density at radius 2 is 1.93 bits per heavy atom. The lowest BCUT2D eigenvalue weighted by Gasteiger charge is -2.22. The largest absolute Gasteiger partial charge is 0.459 e. The second-order valence-corrected chi connectivity index (χ2v) is 4.82. The number of ether oxygens (including phenoxy) is 1. The predicted molar refractivity (Wildman–Crippen MR) is 59.4 cm³/mol. The van der Waals surface area contributed by atoms with Gasteiger partial charge in [0, 0.05) is 6.08 Å². The smallest absolute Gasteiger partial charge is 0.330 e. The topological polar surface area (TPSA) is 26.3 Å². The quantitative estimate of drug-likeness (QED) is 0.515. The van der Waals surface area contributed by atoms with Gasteiger partial charge in [0.1, 0.15) is 6.10 Å². The number of hydrogen-bond acceptors (Lipinski definition) is 2. The van der Waals surface area contributed by atoms with Crippen molar-refractivity contribution in [3.8, 4) is 0 Å². The van der Waals surface area contributed by atoms with Crippen molar-refractivity contribution in [2.75, 3.05) is 0 Å². The molecule has 3 atom stereocenters. The molecule has 2 fully saturated rings. The molecule has 3 unspecified atom stereocenters. The van der Waals surface area contributed by atoms with Gasteiger partial charge >= 0.3 is 5.97 Å². The third-order valence-electron chi connectivity index (χ3n) is 3.95. The average Bonchev–Trinajstić information content (AvgIpc) is 2.50. The fourth-order valence-corrected chi connectivity index (χ4v) is 3.20. The molecule has 84 valence electrons. The van der Waals surface area contributed by atoms with Gasteiger partial charge in [0.2, 0.25) is 0 Å². The molecule has 15 heavy (non-hydrogen) atoms. The summed E-state index contributed by atoms with van der Waals surface area (Å²) in [5.41, 5.74) is 0. The van der Waals surface area contributed by atoms with Gasteiger partial charge in [-0.3, -0.25) is 0 Å². The zero-order valence-corrected chi connectivity index (χ0v) is 9.28. The van der Waals surface area contributed by atoms with Crippen molar-refractivity contribution in [1.82, 2.24) is 0 Å². The number of hydrogen-bond donors (Lipinski definition) is 0. The van der Waals surface area contributed by atoms with Crippen LogP contribution in [0.15, 0.2) is 12.7 Å². The SMILES string of the molecule is C=CC(=O)OC1CCC2CCCCCC21. The maximum Gasteiger partial charge on any atom is 0.330 e. The summed E-state index contributed by atoms with van der Waals surface area (Å²) in [6.45, 7) is 3.45. The molecular formula is C13H20O2. The minimum Gasteiger partial charge on any atom is -0.459 e. The highest BCUT2D eigenvalue weighted by atomic mass is 16.5. The lowest BCUT2D eigenvalue weighted by Crippen LogP contribution is -2.23. The van der Waals surface area contributed by atoms with Crippen molar-refractivity contribution >= 4 is 5.97 Å². The van der Waals surface area contributed by atoms with E-state index >= 15 is 0 Å². The molecule has 0 spiro atoms. The molecule has 0 saturated heterocycles. The minimum absolute atomic E-state index is 0.179. The van der Waals surface area contributed by atoms with Crippen LogP contribution in [0.2, 0.25) is 0 Å². The van der Waals surface area contributed by atoms with Crippen molar-refractivity contribution in [3.05, 3.63) is 12.7 Å². The van der Waals surface area contributed by atoms with Crippen LogP contribution in [0, 0.1) is 11.8 Å². The highest BCUT2D eigenvalue weighted by Crippen LogP contribution is 2.42. The Morgan fingerprint density at radius 1 is 1.13 bits per heavy atom. The van der Waals surface area contributed by atoms with Crippen molar-refractivity contribution in [2.45, 2.75) is 51.0 Å². The molecule has 0 amide bonds. The average molecular weight is 208 g/mol. The van der Waals surface area contributed by atoms with Gasteiger partial charge in [-0.15, -0.1) is 0 Å². The molecule has 2 nitrogen and oxygen atoms in total. The molecule has 0 radical (unpaired) electrons. The van der Waals surface area contributed by atoms with Crippen LogP contribution in [-0.2, 0) is 9.53 Å². The van der Waals surface area contributed by atoms with E-state index in [0.717, 1.165) is 12.3 Å². The van der Waals surface area contributed by atoms with E-state index < -0.39 is 0 Å². The molecule has 2 saturated carbocycles. The van der Waals surface area contributed by atoms with E-state index in [-0.39, 0.29) is 12.1 Å². The zero-order valence-electron chi connectivity index (χ0n) is 9.28. The van der Waals surface area contributed by atoms with Gasteiger partial charge in [0.15, 0.2) is 0 Å². The van der Waals surface area contributed by atoms with Crippen LogP contribution in [0.3, 0.4) is 0 Å². The summed E-state index contributed by atoms with van der Waals surface area (Å²) >= 11 is 0. The predicted octanol–water partition coefficient (Wildman–Crippen LogP) is 3.07. The van der Waals surface area contributed by atoms with Gasteiger partial charge in [0.25, 0.3) is 0 Å². The molecular weight excluding hydrogens is 188 g/mol. The maximum absolute atomic E-state index is 11.2. The van der Waals surface area contributed by atoms with Gasteiger partial charge in [-0.05, 0) is 31.1 Å². The second kappa shape index (κ2) is 4.82. The molecule has 2 rings (SSSR count). The van der Waals surface area contributed by atoms with Gasteiger partial charge < -0.3 is 4.74 Å². The van der Waals surface area contributed by atoms with Crippen LogP contribution >= 0.6 is 0 Å². The summed E-state index contributed by atoms with van der Waals surface area (Å²) in [6, 6.07) is 0. The van der Waals surface area contributed by atoms with Crippen LogP contribution < -0.4 is 0 Å². The summed E-state index contributed by atoms with van der Waals surface area (Å²) in [4.78, 5) is 11.2. The summed E-state index contributed by atoms with van der Waals surface area (Å²) in [5.74, 6) is 1.21. The number of esters is 1. The zero-order chi connectivity index (χ0) is 10.7. The Kier molecular flexibility index (Phi) is 3.45. The molecule has 0 bridgehead atoms. The monoisotopic (exact) mass is 208 g/mol. The normalized spacial score (nSPS) is 35.3. The van der Waals surface area contributed by atoms with Gasteiger partial charge in [-0.2, -0.15) is 0 Å². The van der Waals surface area contributed by atoms with Crippen LogP contribution in [0.5, 0.6) is 0 Å². The fourth-order valence-electron chi connectivity index (χ4n) is 3.20. The van der Waals surface area contributed by atoms with Crippen LogP contribution in [0.1, 0.15) is 44.9 Å². The summed E-state index contributed by atoms with van der Waals surface area (Å²) in [7, 11) is 0. The molecule has 2 aliphatic carbocycles. The maximum atomic E-state index is 11.2. The molecule has 0 aromatic carbocycles. The highest BCUT2D eigenvalue weighted by molar-refractivity contribution is 5.81. The Bertz CT molecular complexity index is 247. The van der Waals surface area contributed by atoms with Crippen LogP contribution in [0.4, 0.5) is 0 Å². The number of rotatable bonds is 2. The lowest BCUT2D eigenvalue weighted by atomic mass is 9.90. The van der Waals surface area contributed by atoms with Gasteiger partial charge in [-0.1, -0.05) is 32.3 Å². The molecule has 2 heteroatoms. The van der Waals surface area contributed by atoms with E-state index in [4.69, 9.17) is 4.74 Å². The van der Waals surface area contributed by atoms with Crippen molar-refractivity contribution in [3.63, 3.8) is 0 Å². The number of carbonyl (C=O) groups is 1. The minimum atomic E-state index is -0.245. The standard InChI is InChI=1S/C13H20O2/c1-2-13(14)15-12-9-8-10-6-4-3-5-7-11(10)12/h2,10-12H,1,3-9H2. The highest BCUT2D eigenvalue weighted by Gasteiger charge is 2.38. The molecule has 0 aromatic heterocycles. The van der Waals surface area contributed by atoms with E-state index in [9.17, 15) is 4.79 Å². The first-order valence-corrected chi connectivity index (χ1v) is 6.14. The molecule has 0 aromatic rings. The summed E-state index contributed by atoms with van der Waals surface area (Å²) < 4.78 is 5.43. The van der Waals surface area contributed by atoms with Gasteiger partial charge in [0.05, 0.1) is 0 Å². The summed E-state index contributed by atoms with van der Waals surface area (Å²) in [6.07, 6.45) is 10.4. The summed E-state index contributed by atoms with van der Waals surface area (Å²) in [5, 5.41) is 0. The van der Waals surface area contributed by atoms with E-state index in [0.29, 0.717) is 5.92 Å². The van der Waals surface area contributed by atoms with E-state index in [1.165, 1.54) is 44.6 Å². The van der Waals surface area contributed by atoms with E-state index in [2.05, 4.69) is 6.58 Å². The Morgan fingerprint density at radius 3 is 2.73 bits per heavy atom. The Balaban J connectivity index is 1.95. The number of fused-ring (bicyclic) bond motifs is 1. The molecule has 0 heterocycles. The Hall–Kier alpha value is -0.790. The number of carbonyl (C=O) groups excluding carboxylic acids is 1. The van der Waals surface area contributed by atoms with Crippen LogP contribution in [-0.4, -0.2) is 12.1 Å². The van der Waals surface area contributed by atoms with E-state index in [1.807, 2.05) is 0 Å². The van der Waals surface area contributed by atoms with Crippen molar-refractivity contribution < 1.29 is 9.53 Å². The first-order chi connectivity index (χ1) is 7.31. The third-order valence-corrected chi connectivity index (χ3v) is 3.95. The first-order valence-electron chi connectivity index (χ1n) is 6.14. The Labute approximate surface area is 91.7 Å². The van der Waals surface area contributed by atoms with Crippen molar-refractivity contribution in [1.29, 1.82) is 0 Å². The fraction of sp³-hybridized carbons (Fsp3) is 0.769. The molecule has 0 aliphatic heterocycles.